The Bertz CT molecular complexity index is 471. The number of amides is 1. The Labute approximate surface area is 133 Å². The Morgan fingerprint density at radius 3 is 2.82 bits per heavy atom. The van der Waals surface area contributed by atoms with E-state index < -0.39 is 5.60 Å². The van der Waals surface area contributed by atoms with E-state index in [0.29, 0.717) is 0 Å². The molecule has 0 spiro atoms. The van der Waals surface area contributed by atoms with Crippen molar-refractivity contribution >= 4 is 6.09 Å². The summed E-state index contributed by atoms with van der Waals surface area (Å²) in [5, 5.41) is 3.45. The molecule has 2 rings (SSSR count). The molecule has 2 heterocycles. The van der Waals surface area contributed by atoms with E-state index >= 15 is 0 Å². The third-order valence-corrected chi connectivity index (χ3v) is 3.72. The molecule has 1 atom stereocenters. The average molecular weight is 305 g/mol. The third kappa shape index (κ3) is 5.30. The van der Waals surface area contributed by atoms with E-state index in [1.807, 2.05) is 50.2 Å². The molecule has 1 unspecified atom stereocenters. The first-order valence-electron chi connectivity index (χ1n) is 8.05. The normalized spacial score (nSPS) is 18.5. The number of hydrogen-bond acceptors (Lipinski definition) is 4. The second-order valence-electron chi connectivity index (χ2n) is 6.78. The van der Waals surface area contributed by atoms with Crippen molar-refractivity contribution in [2.24, 2.45) is 0 Å². The molecular weight excluding hydrogens is 278 g/mol. The molecule has 0 radical (unpaired) electrons. The molecule has 5 heteroatoms. The summed E-state index contributed by atoms with van der Waals surface area (Å²) in [4.78, 5) is 18.1. The Hall–Kier alpha value is -1.62. The van der Waals surface area contributed by atoms with Gasteiger partial charge in [-0.1, -0.05) is 0 Å². The van der Waals surface area contributed by atoms with E-state index in [2.05, 4.69) is 10.3 Å². The molecule has 1 aliphatic heterocycles. The van der Waals surface area contributed by atoms with Crippen LogP contribution < -0.4 is 5.32 Å². The fourth-order valence-electron chi connectivity index (χ4n) is 2.66. The minimum atomic E-state index is -0.432. The van der Waals surface area contributed by atoms with Crippen LogP contribution in [0.5, 0.6) is 0 Å². The highest BCUT2D eigenvalue weighted by Crippen LogP contribution is 2.20. The maximum absolute atomic E-state index is 12.2. The van der Waals surface area contributed by atoms with Crippen LogP contribution in [0.2, 0.25) is 0 Å². The molecule has 1 aromatic rings. The third-order valence-electron chi connectivity index (χ3n) is 3.72. The largest absolute Gasteiger partial charge is 0.444 e. The first-order valence-corrected chi connectivity index (χ1v) is 8.05. The Kier molecular flexibility index (Phi) is 5.77. The highest BCUT2D eigenvalue weighted by atomic mass is 16.6. The number of rotatable bonds is 5. The van der Waals surface area contributed by atoms with Crippen LogP contribution >= 0.6 is 0 Å². The maximum Gasteiger partial charge on any atom is 0.410 e. The smallest absolute Gasteiger partial charge is 0.410 e. The van der Waals surface area contributed by atoms with Crippen molar-refractivity contribution in [1.29, 1.82) is 0 Å². The molecule has 1 aliphatic rings. The predicted molar refractivity (Wildman–Crippen MR) is 86.8 cm³/mol. The van der Waals surface area contributed by atoms with Crippen molar-refractivity contribution in [3.05, 3.63) is 30.1 Å². The van der Waals surface area contributed by atoms with Gasteiger partial charge in [0.05, 0.1) is 0 Å². The minimum Gasteiger partial charge on any atom is -0.444 e. The lowest BCUT2D eigenvalue weighted by molar-refractivity contribution is 0.0227. The van der Waals surface area contributed by atoms with Gasteiger partial charge in [-0.05, 0) is 64.3 Å². The van der Waals surface area contributed by atoms with Gasteiger partial charge in [0.1, 0.15) is 5.60 Å². The van der Waals surface area contributed by atoms with E-state index in [0.717, 1.165) is 38.9 Å². The van der Waals surface area contributed by atoms with Crippen LogP contribution in [0.1, 0.15) is 39.2 Å². The van der Waals surface area contributed by atoms with Gasteiger partial charge in [-0.3, -0.25) is 4.98 Å². The standard InChI is InChI=1S/C17H27N3O2/c1-17(2,3)22-16(21)20-12-4-5-15(20)13-19-11-8-14-6-9-18-10-7-14/h6-7,9-10,15,19H,4-5,8,11-13H2,1-3H3. The molecule has 0 aromatic carbocycles. The number of carbonyl (C=O) groups is 1. The van der Waals surface area contributed by atoms with Gasteiger partial charge >= 0.3 is 6.09 Å². The van der Waals surface area contributed by atoms with E-state index in [-0.39, 0.29) is 12.1 Å². The van der Waals surface area contributed by atoms with E-state index in [9.17, 15) is 4.79 Å². The zero-order valence-electron chi connectivity index (χ0n) is 13.8. The average Bonchev–Trinajstić information content (AvgIpc) is 2.91. The molecule has 0 aliphatic carbocycles. The van der Waals surface area contributed by atoms with Crippen LogP contribution in [0.15, 0.2) is 24.5 Å². The number of pyridine rings is 1. The fraction of sp³-hybridized carbons (Fsp3) is 0.647. The lowest BCUT2D eigenvalue weighted by Crippen LogP contribution is -2.44. The Morgan fingerprint density at radius 1 is 1.41 bits per heavy atom. The van der Waals surface area contributed by atoms with Crippen LogP contribution in [-0.4, -0.2) is 47.3 Å². The Balaban J connectivity index is 1.73. The summed E-state index contributed by atoms with van der Waals surface area (Å²) in [7, 11) is 0. The lowest BCUT2D eigenvalue weighted by atomic mass is 10.2. The van der Waals surface area contributed by atoms with Crippen molar-refractivity contribution in [2.75, 3.05) is 19.6 Å². The van der Waals surface area contributed by atoms with Crippen LogP contribution in [0.25, 0.3) is 0 Å². The first kappa shape index (κ1) is 16.7. The SMILES string of the molecule is CC(C)(C)OC(=O)N1CCCC1CNCCc1ccncc1. The lowest BCUT2D eigenvalue weighted by Gasteiger charge is -2.28. The van der Waals surface area contributed by atoms with E-state index in [4.69, 9.17) is 4.74 Å². The van der Waals surface area contributed by atoms with Gasteiger partial charge in [-0.2, -0.15) is 0 Å². The maximum atomic E-state index is 12.2. The van der Waals surface area contributed by atoms with Gasteiger partial charge in [0.15, 0.2) is 0 Å². The highest BCUT2D eigenvalue weighted by Gasteiger charge is 2.31. The predicted octanol–water partition coefficient (Wildman–Crippen LogP) is 2.61. The molecule has 1 N–H and O–H groups in total. The topological polar surface area (TPSA) is 54.5 Å². The molecule has 5 nitrogen and oxygen atoms in total. The molecule has 22 heavy (non-hydrogen) atoms. The molecule has 1 saturated heterocycles. The number of likely N-dealkylation sites (tertiary alicyclic amines) is 1. The monoisotopic (exact) mass is 305 g/mol. The van der Waals surface area contributed by atoms with Crippen LogP contribution in [0.4, 0.5) is 4.79 Å². The molecule has 1 amide bonds. The molecule has 1 aromatic heterocycles. The fourth-order valence-corrected chi connectivity index (χ4v) is 2.66. The first-order chi connectivity index (χ1) is 10.5. The van der Waals surface area contributed by atoms with Gasteiger partial charge < -0.3 is 15.0 Å². The van der Waals surface area contributed by atoms with Crippen LogP contribution in [-0.2, 0) is 11.2 Å². The second kappa shape index (κ2) is 7.58. The minimum absolute atomic E-state index is 0.189. The quantitative estimate of drug-likeness (QED) is 0.850. The summed E-state index contributed by atoms with van der Waals surface area (Å²) in [6.45, 7) is 8.24. The van der Waals surface area contributed by atoms with E-state index in [1.54, 1.807) is 0 Å². The number of nitrogens with one attached hydrogen (secondary N) is 1. The summed E-state index contributed by atoms with van der Waals surface area (Å²) in [5.41, 5.74) is 0.844. The molecule has 0 bridgehead atoms. The summed E-state index contributed by atoms with van der Waals surface area (Å²) in [5.74, 6) is 0. The van der Waals surface area contributed by atoms with Crippen molar-refractivity contribution in [3.8, 4) is 0 Å². The van der Waals surface area contributed by atoms with Gasteiger partial charge in [0, 0.05) is 31.5 Å². The number of carbonyl (C=O) groups excluding carboxylic acids is 1. The van der Waals surface area contributed by atoms with Gasteiger partial charge in [-0.15, -0.1) is 0 Å². The van der Waals surface area contributed by atoms with Gasteiger partial charge in [0.2, 0.25) is 0 Å². The summed E-state index contributed by atoms with van der Waals surface area (Å²) in [6.07, 6.45) is 6.51. The summed E-state index contributed by atoms with van der Waals surface area (Å²) < 4.78 is 5.48. The molecule has 122 valence electrons. The highest BCUT2D eigenvalue weighted by molar-refractivity contribution is 5.69. The van der Waals surface area contributed by atoms with Crippen molar-refractivity contribution in [3.63, 3.8) is 0 Å². The number of nitrogens with zero attached hydrogens (tertiary/aromatic N) is 2. The van der Waals surface area contributed by atoms with Crippen molar-refractivity contribution in [2.45, 2.75) is 51.7 Å². The zero-order valence-corrected chi connectivity index (χ0v) is 13.8. The van der Waals surface area contributed by atoms with Crippen molar-refractivity contribution < 1.29 is 9.53 Å². The Morgan fingerprint density at radius 2 is 2.14 bits per heavy atom. The molecular formula is C17H27N3O2. The number of ether oxygens (including phenoxy) is 1. The van der Waals surface area contributed by atoms with Crippen LogP contribution in [0, 0.1) is 0 Å². The van der Waals surface area contributed by atoms with Gasteiger partial charge in [-0.25, -0.2) is 4.79 Å². The summed E-state index contributed by atoms with van der Waals surface area (Å²) >= 11 is 0. The zero-order chi connectivity index (χ0) is 16.0. The molecule has 0 saturated carbocycles. The van der Waals surface area contributed by atoms with Gasteiger partial charge in [0.25, 0.3) is 0 Å². The summed E-state index contributed by atoms with van der Waals surface area (Å²) in [6, 6.07) is 4.31. The van der Waals surface area contributed by atoms with Crippen LogP contribution in [0.3, 0.4) is 0 Å². The van der Waals surface area contributed by atoms with E-state index in [1.165, 1.54) is 5.56 Å². The second-order valence-corrected chi connectivity index (χ2v) is 6.78. The molecule has 1 fully saturated rings. The van der Waals surface area contributed by atoms with Crippen molar-refractivity contribution in [1.82, 2.24) is 15.2 Å². The number of aromatic nitrogens is 1. The number of hydrogen-bond donors (Lipinski definition) is 1.